The Bertz CT molecular complexity index is 264. The Morgan fingerprint density at radius 2 is 1.75 bits per heavy atom. The number of guanidine groups is 1. The van der Waals surface area contributed by atoms with Crippen molar-refractivity contribution < 1.29 is 0 Å². The molecule has 1 aromatic carbocycles. The van der Waals surface area contributed by atoms with Crippen molar-refractivity contribution in [3.8, 4) is 0 Å². The van der Waals surface area contributed by atoms with Crippen LogP contribution in [0.25, 0.3) is 0 Å². The Hall–Kier alpha value is -1.55. The largest absolute Gasteiger partial charge is 0.370 e. The van der Waals surface area contributed by atoms with Gasteiger partial charge in [-0.2, -0.15) is 0 Å². The molecule has 0 saturated heterocycles. The molecule has 1 rings (SSSR count). The summed E-state index contributed by atoms with van der Waals surface area (Å²) in [5, 5.41) is 0. The van der Waals surface area contributed by atoms with Crippen LogP contribution < -0.4 is 17.2 Å². The van der Waals surface area contributed by atoms with Crippen LogP contribution in [-0.2, 0) is 0 Å². The number of hydrogen-bond donors (Lipinski definition) is 3. The first-order valence-electron chi connectivity index (χ1n) is 3.59. The number of nitrogens with two attached hydrogens (primary N) is 3. The summed E-state index contributed by atoms with van der Waals surface area (Å²) >= 11 is 0. The zero-order valence-corrected chi connectivity index (χ0v) is 6.64. The fourth-order valence-corrected chi connectivity index (χ4v) is 0.885. The average Bonchev–Trinajstić information content (AvgIpc) is 2.05. The van der Waals surface area contributed by atoms with E-state index in [0.717, 1.165) is 5.56 Å². The number of rotatable bonds is 2. The molecule has 4 nitrogen and oxygen atoms in total. The molecule has 64 valence electrons. The minimum atomic E-state index is -0.462. The molecule has 4 heteroatoms. The zero-order chi connectivity index (χ0) is 8.97. The van der Waals surface area contributed by atoms with E-state index < -0.39 is 6.17 Å². The third kappa shape index (κ3) is 2.25. The van der Waals surface area contributed by atoms with Gasteiger partial charge in [0.1, 0.15) is 6.17 Å². The third-order valence-corrected chi connectivity index (χ3v) is 1.43. The number of hydrogen-bond acceptors (Lipinski definition) is 2. The first-order chi connectivity index (χ1) is 5.70. The average molecular weight is 164 g/mol. The quantitative estimate of drug-likeness (QED) is 0.421. The molecule has 12 heavy (non-hydrogen) atoms. The van der Waals surface area contributed by atoms with Gasteiger partial charge in [0.15, 0.2) is 5.96 Å². The van der Waals surface area contributed by atoms with E-state index in [4.69, 9.17) is 17.2 Å². The Kier molecular flexibility index (Phi) is 2.66. The van der Waals surface area contributed by atoms with E-state index in [1.807, 2.05) is 30.3 Å². The number of nitrogens with zero attached hydrogens (tertiary/aromatic N) is 1. The van der Waals surface area contributed by atoms with Crippen molar-refractivity contribution in [1.29, 1.82) is 0 Å². The Balaban J connectivity index is 2.79. The summed E-state index contributed by atoms with van der Waals surface area (Å²) in [6.45, 7) is 0. The molecule has 1 aromatic rings. The van der Waals surface area contributed by atoms with Crippen LogP contribution in [0.15, 0.2) is 35.3 Å². The molecule has 0 aliphatic heterocycles. The zero-order valence-electron chi connectivity index (χ0n) is 6.64. The van der Waals surface area contributed by atoms with E-state index in [2.05, 4.69) is 4.99 Å². The van der Waals surface area contributed by atoms with Gasteiger partial charge in [-0.15, -0.1) is 0 Å². The highest BCUT2D eigenvalue weighted by atomic mass is 15.1. The SMILES string of the molecule is NC(N)=NC(N)c1ccccc1. The van der Waals surface area contributed by atoms with Crippen molar-refractivity contribution in [2.24, 2.45) is 22.2 Å². The molecule has 1 unspecified atom stereocenters. The normalized spacial score (nSPS) is 12.1. The van der Waals surface area contributed by atoms with Crippen LogP contribution in [-0.4, -0.2) is 5.96 Å². The fraction of sp³-hybridized carbons (Fsp3) is 0.125. The van der Waals surface area contributed by atoms with Crippen molar-refractivity contribution in [1.82, 2.24) is 0 Å². The Morgan fingerprint density at radius 3 is 2.25 bits per heavy atom. The molecule has 0 spiro atoms. The standard InChI is InChI=1S/C8H12N4/c9-7(12-8(10)11)6-4-2-1-3-5-6/h1-5,7H,9H2,(H4,10,11,12). The molecule has 0 heterocycles. The molecule has 0 aliphatic rings. The lowest BCUT2D eigenvalue weighted by atomic mass is 10.2. The second kappa shape index (κ2) is 3.73. The molecule has 1 atom stereocenters. The lowest BCUT2D eigenvalue weighted by molar-refractivity contribution is 0.772. The second-order valence-corrected chi connectivity index (χ2v) is 2.41. The highest BCUT2D eigenvalue weighted by Gasteiger charge is 2.01. The van der Waals surface area contributed by atoms with Crippen LogP contribution >= 0.6 is 0 Å². The van der Waals surface area contributed by atoms with Crippen molar-refractivity contribution >= 4 is 5.96 Å². The Labute approximate surface area is 71.1 Å². The Morgan fingerprint density at radius 1 is 1.17 bits per heavy atom. The van der Waals surface area contributed by atoms with Crippen LogP contribution in [0.2, 0.25) is 0 Å². The maximum Gasteiger partial charge on any atom is 0.187 e. The minimum absolute atomic E-state index is 0.00588. The molecule has 0 bridgehead atoms. The van der Waals surface area contributed by atoms with Gasteiger partial charge in [-0.05, 0) is 5.56 Å². The molecule has 0 amide bonds. The van der Waals surface area contributed by atoms with Crippen LogP contribution in [0.3, 0.4) is 0 Å². The predicted molar refractivity (Wildman–Crippen MR) is 49.2 cm³/mol. The van der Waals surface area contributed by atoms with Crippen molar-refractivity contribution in [2.45, 2.75) is 6.17 Å². The molecule has 6 N–H and O–H groups in total. The minimum Gasteiger partial charge on any atom is -0.370 e. The summed E-state index contributed by atoms with van der Waals surface area (Å²) < 4.78 is 0. The molecule has 0 aromatic heterocycles. The van der Waals surface area contributed by atoms with Gasteiger partial charge < -0.3 is 17.2 Å². The van der Waals surface area contributed by atoms with Crippen molar-refractivity contribution in [3.63, 3.8) is 0 Å². The topological polar surface area (TPSA) is 90.4 Å². The van der Waals surface area contributed by atoms with Crippen molar-refractivity contribution in [2.75, 3.05) is 0 Å². The third-order valence-electron chi connectivity index (χ3n) is 1.43. The summed E-state index contributed by atoms with van der Waals surface area (Å²) in [5.74, 6) is 0.00588. The maximum atomic E-state index is 5.65. The highest BCUT2D eigenvalue weighted by molar-refractivity contribution is 5.75. The molecule has 0 saturated carbocycles. The van der Waals surface area contributed by atoms with E-state index in [1.165, 1.54) is 0 Å². The van der Waals surface area contributed by atoms with Gasteiger partial charge >= 0.3 is 0 Å². The molecule has 0 fully saturated rings. The van der Waals surface area contributed by atoms with Gasteiger partial charge in [-0.25, -0.2) is 4.99 Å². The summed E-state index contributed by atoms with van der Waals surface area (Å²) in [6, 6.07) is 9.43. The highest BCUT2D eigenvalue weighted by Crippen LogP contribution is 2.09. The van der Waals surface area contributed by atoms with Crippen LogP contribution in [0, 0.1) is 0 Å². The van der Waals surface area contributed by atoms with Gasteiger partial charge in [0.2, 0.25) is 0 Å². The van der Waals surface area contributed by atoms with E-state index in [1.54, 1.807) is 0 Å². The van der Waals surface area contributed by atoms with E-state index in [9.17, 15) is 0 Å². The lowest BCUT2D eigenvalue weighted by Crippen LogP contribution is -2.25. The van der Waals surface area contributed by atoms with Crippen LogP contribution in [0.5, 0.6) is 0 Å². The van der Waals surface area contributed by atoms with Gasteiger partial charge in [-0.1, -0.05) is 30.3 Å². The van der Waals surface area contributed by atoms with Crippen LogP contribution in [0.4, 0.5) is 0 Å². The van der Waals surface area contributed by atoms with Gasteiger partial charge in [0, 0.05) is 0 Å². The van der Waals surface area contributed by atoms with E-state index in [0.29, 0.717) is 0 Å². The number of aliphatic imine (C=N–C) groups is 1. The summed E-state index contributed by atoms with van der Waals surface area (Å²) in [6.07, 6.45) is -0.462. The number of benzene rings is 1. The summed E-state index contributed by atoms with van der Waals surface area (Å²) in [4.78, 5) is 3.80. The van der Waals surface area contributed by atoms with E-state index in [-0.39, 0.29) is 5.96 Å². The predicted octanol–water partition coefficient (Wildman–Crippen LogP) is -0.0827. The van der Waals surface area contributed by atoms with Gasteiger partial charge in [-0.3, -0.25) is 0 Å². The molecule has 0 aliphatic carbocycles. The first-order valence-corrected chi connectivity index (χ1v) is 3.59. The first kappa shape index (κ1) is 8.55. The summed E-state index contributed by atoms with van der Waals surface area (Å²) in [7, 11) is 0. The van der Waals surface area contributed by atoms with Crippen LogP contribution in [0.1, 0.15) is 11.7 Å². The lowest BCUT2D eigenvalue weighted by Gasteiger charge is -2.05. The smallest absolute Gasteiger partial charge is 0.187 e. The van der Waals surface area contributed by atoms with Gasteiger partial charge in [0.25, 0.3) is 0 Å². The molecular weight excluding hydrogens is 152 g/mol. The van der Waals surface area contributed by atoms with E-state index >= 15 is 0 Å². The summed E-state index contributed by atoms with van der Waals surface area (Å²) in [5.41, 5.74) is 16.9. The maximum absolute atomic E-state index is 5.65. The monoisotopic (exact) mass is 164 g/mol. The van der Waals surface area contributed by atoms with Crippen molar-refractivity contribution in [3.05, 3.63) is 35.9 Å². The fourth-order valence-electron chi connectivity index (χ4n) is 0.885. The molecule has 0 radical (unpaired) electrons. The van der Waals surface area contributed by atoms with Gasteiger partial charge in [0.05, 0.1) is 0 Å². The molecular formula is C8H12N4. The second-order valence-electron chi connectivity index (χ2n) is 2.41.